The van der Waals surface area contributed by atoms with E-state index in [1.807, 2.05) is 0 Å². The molecule has 1 fully saturated rings. The maximum Gasteiger partial charge on any atom is 0.0702 e. The minimum atomic E-state index is 0.210. The Bertz CT molecular complexity index is 194. The van der Waals surface area contributed by atoms with E-state index in [-0.39, 0.29) is 12.6 Å². The maximum atomic E-state index is 9.27. The van der Waals surface area contributed by atoms with Gasteiger partial charge in [-0.25, -0.2) is 0 Å². The molecule has 0 amide bonds. The molecule has 2 atom stereocenters. The Morgan fingerprint density at radius 1 is 1.47 bits per heavy atom. The number of ether oxygens (including phenoxy) is 1. The molecule has 0 radical (unpaired) electrons. The van der Waals surface area contributed by atoms with Crippen LogP contribution >= 0.6 is 0 Å². The highest BCUT2D eigenvalue weighted by atomic mass is 16.5. The highest BCUT2D eigenvalue weighted by molar-refractivity contribution is 4.72. The molecule has 4 nitrogen and oxygen atoms in total. The number of hydrogen-bond donors (Lipinski definition) is 2. The van der Waals surface area contributed by atoms with Gasteiger partial charge >= 0.3 is 0 Å². The summed E-state index contributed by atoms with van der Waals surface area (Å²) in [6.07, 6.45) is 3.80. The zero-order chi connectivity index (χ0) is 12.7. The van der Waals surface area contributed by atoms with Crippen molar-refractivity contribution in [3.63, 3.8) is 0 Å². The van der Waals surface area contributed by atoms with E-state index in [2.05, 4.69) is 31.1 Å². The molecular weight excluding hydrogens is 216 g/mol. The topological polar surface area (TPSA) is 44.7 Å². The molecule has 102 valence electrons. The van der Waals surface area contributed by atoms with Gasteiger partial charge < -0.3 is 20.1 Å². The molecule has 1 aliphatic rings. The van der Waals surface area contributed by atoms with Crippen LogP contribution in [0.25, 0.3) is 0 Å². The molecule has 17 heavy (non-hydrogen) atoms. The fourth-order valence-corrected chi connectivity index (χ4v) is 2.30. The number of aliphatic hydroxyl groups excluding tert-OH is 1. The molecule has 0 bridgehead atoms. The van der Waals surface area contributed by atoms with Crippen molar-refractivity contribution in [1.82, 2.24) is 10.2 Å². The number of likely N-dealkylation sites (N-methyl/N-ethyl adjacent to an activating group) is 1. The summed E-state index contributed by atoms with van der Waals surface area (Å²) < 4.78 is 5.61. The van der Waals surface area contributed by atoms with Gasteiger partial charge in [-0.05, 0) is 32.9 Å². The molecule has 0 spiro atoms. The molecule has 1 saturated heterocycles. The molecule has 1 heterocycles. The van der Waals surface area contributed by atoms with Crippen LogP contribution < -0.4 is 5.32 Å². The van der Waals surface area contributed by atoms with E-state index in [1.165, 1.54) is 12.8 Å². The Morgan fingerprint density at radius 2 is 2.24 bits per heavy atom. The highest BCUT2D eigenvalue weighted by Crippen LogP contribution is 2.12. The molecule has 4 heteroatoms. The lowest BCUT2D eigenvalue weighted by molar-refractivity contribution is 0.0790. The quantitative estimate of drug-likeness (QED) is 0.664. The predicted octanol–water partition coefficient (Wildman–Crippen LogP) is 0.846. The van der Waals surface area contributed by atoms with Crippen LogP contribution in [0.1, 0.15) is 33.1 Å². The van der Waals surface area contributed by atoms with E-state index in [0.29, 0.717) is 12.1 Å². The van der Waals surface area contributed by atoms with Gasteiger partial charge in [-0.2, -0.15) is 0 Å². The largest absolute Gasteiger partial charge is 0.395 e. The third kappa shape index (κ3) is 6.36. The third-order valence-electron chi connectivity index (χ3n) is 3.19. The van der Waals surface area contributed by atoms with Crippen LogP contribution in [-0.4, -0.2) is 61.5 Å². The van der Waals surface area contributed by atoms with Gasteiger partial charge in [0.25, 0.3) is 0 Å². The standard InChI is InChI=1S/C13H28N2O2/c1-11(2)14-12(10-16)6-7-15(3)9-13-5-4-8-17-13/h11-14,16H,4-10H2,1-3H3. The molecule has 0 saturated carbocycles. The van der Waals surface area contributed by atoms with Crippen molar-refractivity contribution in [2.75, 3.05) is 33.4 Å². The fraction of sp³-hybridized carbons (Fsp3) is 1.00. The maximum absolute atomic E-state index is 9.27. The second-order valence-electron chi connectivity index (χ2n) is 5.39. The Balaban J connectivity index is 2.14. The zero-order valence-corrected chi connectivity index (χ0v) is 11.5. The lowest BCUT2D eigenvalue weighted by Gasteiger charge is -2.24. The first-order valence-corrected chi connectivity index (χ1v) is 6.79. The van der Waals surface area contributed by atoms with Crippen molar-refractivity contribution < 1.29 is 9.84 Å². The van der Waals surface area contributed by atoms with E-state index in [9.17, 15) is 5.11 Å². The lowest BCUT2D eigenvalue weighted by Crippen LogP contribution is -2.40. The second-order valence-corrected chi connectivity index (χ2v) is 5.39. The SMILES string of the molecule is CC(C)NC(CO)CCN(C)CC1CCCO1. The Hall–Kier alpha value is -0.160. The van der Waals surface area contributed by atoms with Crippen molar-refractivity contribution in [2.24, 2.45) is 0 Å². The van der Waals surface area contributed by atoms with Gasteiger partial charge in [0.05, 0.1) is 12.7 Å². The summed E-state index contributed by atoms with van der Waals surface area (Å²) in [6, 6.07) is 0.637. The van der Waals surface area contributed by atoms with Crippen LogP contribution in [-0.2, 0) is 4.74 Å². The Morgan fingerprint density at radius 3 is 2.76 bits per heavy atom. The van der Waals surface area contributed by atoms with Gasteiger partial charge in [0.1, 0.15) is 0 Å². The molecule has 1 aliphatic heterocycles. The summed E-state index contributed by atoms with van der Waals surface area (Å²) in [5, 5.41) is 12.6. The number of aliphatic hydroxyl groups is 1. The summed E-state index contributed by atoms with van der Waals surface area (Å²) >= 11 is 0. The van der Waals surface area contributed by atoms with Crippen molar-refractivity contribution in [1.29, 1.82) is 0 Å². The average molecular weight is 244 g/mol. The first-order chi connectivity index (χ1) is 8.11. The van der Waals surface area contributed by atoms with E-state index in [0.717, 1.165) is 26.1 Å². The predicted molar refractivity (Wildman–Crippen MR) is 70.2 cm³/mol. The summed E-state index contributed by atoms with van der Waals surface area (Å²) in [5.74, 6) is 0. The van der Waals surface area contributed by atoms with Crippen LogP contribution in [0, 0.1) is 0 Å². The van der Waals surface area contributed by atoms with Gasteiger partial charge in [0, 0.05) is 25.2 Å². The molecule has 0 aromatic rings. The summed E-state index contributed by atoms with van der Waals surface area (Å²) in [5.41, 5.74) is 0. The molecule has 1 rings (SSSR count). The van der Waals surface area contributed by atoms with E-state index in [1.54, 1.807) is 0 Å². The van der Waals surface area contributed by atoms with E-state index in [4.69, 9.17) is 4.74 Å². The summed E-state index contributed by atoms with van der Waals surface area (Å²) in [6.45, 7) is 7.38. The van der Waals surface area contributed by atoms with Crippen LogP contribution in [0.4, 0.5) is 0 Å². The normalized spacial score (nSPS) is 22.6. The van der Waals surface area contributed by atoms with Gasteiger partial charge in [-0.15, -0.1) is 0 Å². The summed E-state index contributed by atoms with van der Waals surface area (Å²) in [4.78, 5) is 2.31. The molecule has 0 aromatic carbocycles. The average Bonchev–Trinajstić information content (AvgIpc) is 2.76. The fourth-order valence-electron chi connectivity index (χ4n) is 2.30. The first-order valence-electron chi connectivity index (χ1n) is 6.79. The van der Waals surface area contributed by atoms with E-state index < -0.39 is 0 Å². The smallest absolute Gasteiger partial charge is 0.0702 e. The van der Waals surface area contributed by atoms with Crippen molar-refractivity contribution >= 4 is 0 Å². The molecule has 0 aromatic heterocycles. The Labute approximate surface area is 105 Å². The van der Waals surface area contributed by atoms with Crippen molar-refractivity contribution in [3.05, 3.63) is 0 Å². The monoisotopic (exact) mass is 244 g/mol. The zero-order valence-electron chi connectivity index (χ0n) is 11.5. The number of rotatable bonds is 8. The van der Waals surface area contributed by atoms with Crippen LogP contribution in [0.3, 0.4) is 0 Å². The highest BCUT2D eigenvalue weighted by Gasteiger charge is 2.18. The number of hydrogen-bond acceptors (Lipinski definition) is 4. The van der Waals surface area contributed by atoms with Crippen LogP contribution in [0.5, 0.6) is 0 Å². The third-order valence-corrected chi connectivity index (χ3v) is 3.19. The minimum absolute atomic E-state index is 0.210. The van der Waals surface area contributed by atoms with Gasteiger partial charge in [0.2, 0.25) is 0 Å². The van der Waals surface area contributed by atoms with Gasteiger partial charge in [-0.1, -0.05) is 13.8 Å². The molecule has 0 aliphatic carbocycles. The summed E-state index contributed by atoms with van der Waals surface area (Å²) in [7, 11) is 2.13. The lowest BCUT2D eigenvalue weighted by atomic mass is 10.1. The number of nitrogens with one attached hydrogen (secondary N) is 1. The molecule has 2 unspecified atom stereocenters. The van der Waals surface area contributed by atoms with E-state index >= 15 is 0 Å². The van der Waals surface area contributed by atoms with Crippen LogP contribution in [0.2, 0.25) is 0 Å². The van der Waals surface area contributed by atoms with Gasteiger partial charge in [-0.3, -0.25) is 0 Å². The first kappa shape index (κ1) is 14.9. The Kier molecular flexibility index (Phi) is 7.04. The van der Waals surface area contributed by atoms with Crippen molar-refractivity contribution in [2.45, 2.75) is 51.3 Å². The van der Waals surface area contributed by atoms with Crippen LogP contribution in [0.15, 0.2) is 0 Å². The second kappa shape index (κ2) is 8.03. The molecule has 2 N–H and O–H groups in total. The minimum Gasteiger partial charge on any atom is -0.395 e. The van der Waals surface area contributed by atoms with Crippen molar-refractivity contribution in [3.8, 4) is 0 Å². The number of nitrogens with zero attached hydrogens (tertiary/aromatic N) is 1. The van der Waals surface area contributed by atoms with Gasteiger partial charge in [0.15, 0.2) is 0 Å². The molecular formula is C13H28N2O2.